The third-order valence-corrected chi connectivity index (χ3v) is 4.30. The molecular formula is C17H18ClN5O. The molecule has 0 aliphatic heterocycles. The number of benzene rings is 1. The van der Waals surface area contributed by atoms with Gasteiger partial charge in [-0.1, -0.05) is 24.6 Å². The van der Waals surface area contributed by atoms with E-state index in [0.717, 1.165) is 5.56 Å². The third kappa shape index (κ3) is 2.64. The first kappa shape index (κ1) is 16.4. The van der Waals surface area contributed by atoms with Crippen LogP contribution in [-0.2, 0) is 0 Å². The number of hydrogen-bond donors (Lipinski definition) is 2. The lowest BCUT2D eigenvalue weighted by atomic mass is 10.1. The van der Waals surface area contributed by atoms with Gasteiger partial charge in [0.1, 0.15) is 11.6 Å². The highest BCUT2D eigenvalue weighted by Crippen LogP contribution is 2.24. The Labute approximate surface area is 144 Å². The lowest BCUT2D eigenvalue weighted by Gasteiger charge is -2.19. The average molecular weight is 344 g/mol. The normalized spacial score (nSPS) is 12.5. The van der Waals surface area contributed by atoms with E-state index in [1.54, 1.807) is 30.5 Å². The molecule has 0 amide bonds. The number of aromatic nitrogens is 3. The fourth-order valence-electron chi connectivity index (χ4n) is 2.68. The van der Waals surface area contributed by atoms with Crippen molar-refractivity contribution >= 4 is 28.3 Å². The topological polar surface area (TPSA) is 99.8 Å². The lowest BCUT2D eigenvalue weighted by molar-refractivity contribution is 0.622. The molecule has 1 atom stereocenters. The molecule has 124 valence electrons. The van der Waals surface area contributed by atoms with Gasteiger partial charge in [-0.2, -0.15) is 0 Å². The van der Waals surface area contributed by atoms with Gasteiger partial charge in [0, 0.05) is 0 Å². The van der Waals surface area contributed by atoms with Crippen LogP contribution in [0.2, 0.25) is 5.02 Å². The molecule has 7 heteroatoms. The smallest absolute Gasteiger partial charge is 0.267 e. The van der Waals surface area contributed by atoms with Crippen molar-refractivity contribution in [2.45, 2.75) is 26.3 Å². The fourth-order valence-corrected chi connectivity index (χ4v) is 2.93. The molecule has 0 saturated heterocycles. The minimum atomic E-state index is -0.391. The number of nitrogens with two attached hydrogens (primary N) is 2. The van der Waals surface area contributed by atoms with Crippen LogP contribution in [-0.4, -0.2) is 14.5 Å². The molecule has 0 radical (unpaired) electrons. The zero-order valence-electron chi connectivity index (χ0n) is 13.5. The van der Waals surface area contributed by atoms with Crippen LogP contribution in [0.25, 0.3) is 16.6 Å². The largest absolute Gasteiger partial charge is 0.384 e. The summed E-state index contributed by atoms with van der Waals surface area (Å²) >= 11 is 6.23. The number of hydrogen-bond acceptors (Lipinski definition) is 5. The van der Waals surface area contributed by atoms with Crippen LogP contribution < -0.4 is 17.0 Å². The van der Waals surface area contributed by atoms with E-state index in [-0.39, 0.29) is 5.56 Å². The summed E-state index contributed by atoms with van der Waals surface area (Å²) in [5, 5.41) is 0.721. The van der Waals surface area contributed by atoms with Crippen LogP contribution in [0.15, 0.2) is 35.3 Å². The molecule has 2 heterocycles. The van der Waals surface area contributed by atoms with Crippen LogP contribution in [0.3, 0.4) is 0 Å². The third-order valence-electron chi connectivity index (χ3n) is 3.99. The number of nitrogens with zero attached hydrogens (tertiary/aromatic N) is 3. The Balaban J connectivity index is 2.46. The summed E-state index contributed by atoms with van der Waals surface area (Å²) in [5.41, 5.74) is 13.6. The summed E-state index contributed by atoms with van der Waals surface area (Å²) in [6.45, 7) is 3.80. The number of fused-ring (bicyclic) bond motifs is 1. The predicted octanol–water partition coefficient (Wildman–Crippen LogP) is 2.73. The Bertz CT molecular complexity index is 983. The molecule has 0 saturated carbocycles. The van der Waals surface area contributed by atoms with Crippen LogP contribution >= 0.6 is 11.6 Å². The molecule has 0 spiro atoms. The van der Waals surface area contributed by atoms with E-state index in [1.165, 1.54) is 4.57 Å². The van der Waals surface area contributed by atoms with Crippen molar-refractivity contribution in [2.24, 2.45) is 5.73 Å². The van der Waals surface area contributed by atoms with E-state index in [2.05, 4.69) is 9.97 Å². The second kappa shape index (κ2) is 6.22. The van der Waals surface area contributed by atoms with Crippen molar-refractivity contribution in [1.29, 1.82) is 0 Å². The second-order valence-corrected chi connectivity index (χ2v) is 6.06. The predicted molar refractivity (Wildman–Crippen MR) is 96.5 cm³/mol. The Hall–Kier alpha value is -2.44. The number of aryl methyl sites for hydroxylation is 1. The molecule has 2 aromatic heterocycles. The first-order valence-corrected chi connectivity index (χ1v) is 8.01. The van der Waals surface area contributed by atoms with E-state index >= 15 is 0 Å². The summed E-state index contributed by atoms with van der Waals surface area (Å²) in [4.78, 5) is 21.9. The molecule has 0 bridgehead atoms. The van der Waals surface area contributed by atoms with E-state index in [0.29, 0.717) is 39.7 Å². The van der Waals surface area contributed by atoms with Crippen LogP contribution in [0.1, 0.15) is 30.8 Å². The SMILES string of the molecule is CCC(N)c1nc2cccc(Cl)c2c(=O)n1-c1cnc(N)cc1C. The van der Waals surface area contributed by atoms with Crippen LogP contribution in [0, 0.1) is 6.92 Å². The number of anilines is 1. The Kier molecular flexibility index (Phi) is 4.26. The zero-order valence-corrected chi connectivity index (χ0v) is 14.2. The second-order valence-electron chi connectivity index (χ2n) is 5.65. The Morgan fingerprint density at radius 1 is 1.38 bits per heavy atom. The Morgan fingerprint density at radius 3 is 2.79 bits per heavy atom. The van der Waals surface area contributed by atoms with Gasteiger partial charge < -0.3 is 11.5 Å². The van der Waals surface area contributed by atoms with Crippen molar-refractivity contribution in [2.75, 3.05) is 5.73 Å². The maximum absolute atomic E-state index is 13.2. The van der Waals surface area contributed by atoms with E-state index < -0.39 is 6.04 Å². The summed E-state index contributed by atoms with van der Waals surface area (Å²) in [6.07, 6.45) is 2.20. The van der Waals surface area contributed by atoms with E-state index in [4.69, 9.17) is 23.1 Å². The van der Waals surface area contributed by atoms with Crippen molar-refractivity contribution in [3.05, 3.63) is 57.2 Å². The van der Waals surface area contributed by atoms with Gasteiger partial charge in [0.25, 0.3) is 5.56 Å². The van der Waals surface area contributed by atoms with Gasteiger partial charge in [0.15, 0.2) is 0 Å². The van der Waals surface area contributed by atoms with Crippen molar-refractivity contribution in [1.82, 2.24) is 14.5 Å². The molecule has 3 aromatic rings. The van der Waals surface area contributed by atoms with Gasteiger partial charge in [-0.25, -0.2) is 9.97 Å². The fraction of sp³-hybridized carbons (Fsp3) is 0.235. The molecular weight excluding hydrogens is 326 g/mol. The lowest BCUT2D eigenvalue weighted by Crippen LogP contribution is -2.29. The molecule has 3 rings (SSSR count). The highest BCUT2D eigenvalue weighted by atomic mass is 35.5. The minimum absolute atomic E-state index is 0.265. The molecule has 4 N–H and O–H groups in total. The molecule has 1 aromatic carbocycles. The number of halogens is 1. The number of rotatable bonds is 3. The minimum Gasteiger partial charge on any atom is -0.384 e. The summed E-state index contributed by atoms with van der Waals surface area (Å²) in [5.74, 6) is 0.865. The van der Waals surface area contributed by atoms with Crippen LogP contribution in [0.4, 0.5) is 5.82 Å². The molecule has 0 fully saturated rings. The van der Waals surface area contributed by atoms with Crippen molar-refractivity contribution in [3.63, 3.8) is 0 Å². The first-order chi connectivity index (χ1) is 11.4. The summed E-state index contributed by atoms with van der Waals surface area (Å²) in [7, 11) is 0. The van der Waals surface area contributed by atoms with Gasteiger partial charge in [0.2, 0.25) is 0 Å². The van der Waals surface area contributed by atoms with Crippen LogP contribution in [0.5, 0.6) is 0 Å². The highest BCUT2D eigenvalue weighted by Gasteiger charge is 2.19. The zero-order chi connectivity index (χ0) is 17.4. The van der Waals surface area contributed by atoms with Crippen molar-refractivity contribution < 1.29 is 0 Å². The Morgan fingerprint density at radius 2 is 2.12 bits per heavy atom. The molecule has 24 heavy (non-hydrogen) atoms. The maximum atomic E-state index is 13.2. The monoisotopic (exact) mass is 343 g/mol. The van der Waals surface area contributed by atoms with Gasteiger partial charge in [-0.05, 0) is 37.1 Å². The highest BCUT2D eigenvalue weighted by molar-refractivity contribution is 6.35. The maximum Gasteiger partial charge on any atom is 0.267 e. The first-order valence-electron chi connectivity index (χ1n) is 7.63. The molecule has 1 unspecified atom stereocenters. The van der Waals surface area contributed by atoms with E-state index in [9.17, 15) is 4.79 Å². The standard InChI is InChI=1S/C17H18ClN5O/c1-3-11(19)16-22-12-6-4-5-10(18)15(12)17(24)23(16)13-8-21-14(20)7-9(13)2/h4-8,11H,3,19H2,1-2H3,(H2,20,21). The van der Waals surface area contributed by atoms with Gasteiger partial charge >= 0.3 is 0 Å². The van der Waals surface area contributed by atoms with Gasteiger partial charge in [-0.3, -0.25) is 9.36 Å². The van der Waals surface area contributed by atoms with Gasteiger partial charge in [0.05, 0.1) is 33.9 Å². The van der Waals surface area contributed by atoms with Crippen molar-refractivity contribution in [3.8, 4) is 5.69 Å². The van der Waals surface area contributed by atoms with E-state index in [1.807, 2.05) is 13.8 Å². The summed E-state index contributed by atoms with van der Waals surface area (Å²) in [6, 6.07) is 6.51. The number of nitrogen functional groups attached to an aromatic ring is 1. The average Bonchev–Trinajstić information content (AvgIpc) is 2.55. The molecule has 0 aliphatic carbocycles. The number of pyridine rings is 1. The quantitative estimate of drug-likeness (QED) is 0.761. The summed E-state index contributed by atoms with van der Waals surface area (Å²) < 4.78 is 1.49. The molecule has 0 aliphatic rings. The van der Waals surface area contributed by atoms with Gasteiger partial charge in [-0.15, -0.1) is 0 Å². The molecule has 6 nitrogen and oxygen atoms in total.